The van der Waals surface area contributed by atoms with Gasteiger partial charge in [-0.05, 0) is 37.7 Å². The standard InChI is InChI=1S/C18H32N4O7S/c1-9(2)7-13(17(27)20-10(3)18(28)29)22-16(26)12(5-6-30-4)21-15(25)11(19)8-14(23)24/h9-13H,5-8,19H2,1-4H3,(H,20,27)(H,21,25)(H,22,26)(H,23,24)(H,28,29). The number of carbonyl (C=O) groups excluding carboxylic acids is 3. The number of aliphatic carboxylic acids is 2. The Bertz CT molecular complexity index is 630. The van der Waals surface area contributed by atoms with Crippen LogP contribution in [0.5, 0.6) is 0 Å². The summed E-state index contributed by atoms with van der Waals surface area (Å²) in [6.45, 7) is 4.98. The number of thioether (sulfide) groups is 1. The van der Waals surface area contributed by atoms with E-state index in [9.17, 15) is 24.0 Å². The Hall–Kier alpha value is -2.34. The van der Waals surface area contributed by atoms with Crippen LogP contribution < -0.4 is 21.7 Å². The second-order valence-corrected chi connectivity index (χ2v) is 8.29. The first-order valence-electron chi connectivity index (χ1n) is 9.49. The van der Waals surface area contributed by atoms with Crippen LogP contribution in [0.25, 0.3) is 0 Å². The van der Waals surface area contributed by atoms with E-state index in [1.54, 1.807) is 0 Å². The first kappa shape index (κ1) is 27.7. The third-order valence-electron chi connectivity index (χ3n) is 4.04. The van der Waals surface area contributed by atoms with Gasteiger partial charge in [0.1, 0.15) is 18.1 Å². The third kappa shape index (κ3) is 11.0. The molecular formula is C18H32N4O7S. The largest absolute Gasteiger partial charge is 0.481 e. The van der Waals surface area contributed by atoms with E-state index in [0.29, 0.717) is 5.75 Å². The van der Waals surface area contributed by atoms with Crippen molar-refractivity contribution in [3.05, 3.63) is 0 Å². The molecule has 30 heavy (non-hydrogen) atoms. The van der Waals surface area contributed by atoms with E-state index in [-0.39, 0.29) is 18.8 Å². The molecule has 0 heterocycles. The van der Waals surface area contributed by atoms with Gasteiger partial charge in [0.15, 0.2) is 0 Å². The maximum absolute atomic E-state index is 12.8. The number of carbonyl (C=O) groups is 5. The Balaban J connectivity index is 5.30. The molecule has 12 heteroatoms. The monoisotopic (exact) mass is 448 g/mol. The van der Waals surface area contributed by atoms with Crippen LogP contribution in [0, 0.1) is 5.92 Å². The summed E-state index contributed by atoms with van der Waals surface area (Å²) >= 11 is 1.44. The van der Waals surface area contributed by atoms with E-state index in [2.05, 4.69) is 16.0 Å². The van der Waals surface area contributed by atoms with E-state index < -0.39 is 60.2 Å². The molecule has 0 aliphatic heterocycles. The van der Waals surface area contributed by atoms with Gasteiger partial charge in [0.2, 0.25) is 17.7 Å². The summed E-state index contributed by atoms with van der Waals surface area (Å²) in [5.74, 6) is -4.00. The maximum Gasteiger partial charge on any atom is 0.325 e. The van der Waals surface area contributed by atoms with Crippen LogP contribution >= 0.6 is 11.8 Å². The van der Waals surface area contributed by atoms with Crippen LogP contribution in [0.4, 0.5) is 0 Å². The first-order chi connectivity index (χ1) is 13.9. The van der Waals surface area contributed by atoms with Crippen molar-refractivity contribution >= 4 is 41.4 Å². The Labute approximate surface area is 179 Å². The Morgan fingerprint density at radius 2 is 1.43 bits per heavy atom. The quantitative estimate of drug-likeness (QED) is 0.197. The van der Waals surface area contributed by atoms with Crippen molar-refractivity contribution in [3.63, 3.8) is 0 Å². The number of rotatable bonds is 14. The third-order valence-corrected chi connectivity index (χ3v) is 4.69. The molecule has 172 valence electrons. The average Bonchev–Trinajstić information content (AvgIpc) is 2.62. The summed E-state index contributed by atoms with van der Waals surface area (Å²) in [6.07, 6.45) is 1.72. The molecule has 0 aromatic rings. The number of amides is 3. The van der Waals surface area contributed by atoms with Crippen LogP contribution in [-0.2, 0) is 24.0 Å². The van der Waals surface area contributed by atoms with Gasteiger partial charge in [-0.1, -0.05) is 13.8 Å². The molecule has 0 bridgehead atoms. The summed E-state index contributed by atoms with van der Waals surface area (Å²) < 4.78 is 0. The van der Waals surface area contributed by atoms with Gasteiger partial charge in [-0.15, -0.1) is 0 Å². The lowest BCUT2D eigenvalue weighted by Crippen LogP contribution is -2.57. The van der Waals surface area contributed by atoms with Gasteiger partial charge in [0.05, 0.1) is 12.5 Å². The molecule has 0 fully saturated rings. The minimum atomic E-state index is -1.32. The van der Waals surface area contributed by atoms with E-state index >= 15 is 0 Å². The minimum absolute atomic E-state index is 0.0180. The zero-order valence-corrected chi connectivity index (χ0v) is 18.5. The van der Waals surface area contributed by atoms with Gasteiger partial charge in [-0.25, -0.2) is 0 Å². The summed E-state index contributed by atoms with van der Waals surface area (Å²) in [7, 11) is 0. The molecule has 3 amide bonds. The molecule has 0 radical (unpaired) electrons. The molecule has 0 saturated carbocycles. The predicted octanol–water partition coefficient (Wildman–Crippen LogP) is -0.853. The summed E-state index contributed by atoms with van der Waals surface area (Å²) in [6, 6.07) is -4.48. The highest BCUT2D eigenvalue weighted by atomic mass is 32.2. The highest BCUT2D eigenvalue weighted by molar-refractivity contribution is 7.98. The molecule has 0 saturated heterocycles. The summed E-state index contributed by atoms with van der Waals surface area (Å²) in [4.78, 5) is 59.1. The molecule has 0 aromatic carbocycles. The van der Waals surface area contributed by atoms with Crippen LogP contribution in [0.2, 0.25) is 0 Å². The van der Waals surface area contributed by atoms with Crippen LogP contribution in [0.15, 0.2) is 0 Å². The number of carboxylic acids is 2. The number of hydrogen-bond donors (Lipinski definition) is 6. The fraction of sp³-hybridized carbons (Fsp3) is 0.722. The smallest absolute Gasteiger partial charge is 0.325 e. The van der Waals surface area contributed by atoms with Gasteiger partial charge in [0, 0.05) is 0 Å². The van der Waals surface area contributed by atoms with Crippen molar-refractivity contribution in [2.45, 2.75) is 64.2 Å². The molecule has 0 spiro atoms. The molecule has 0 aliphatic carbocycles. The van der Waals surface area contributed by atoms with Crippen LogP contribution in [0.1, 0.15) is 40.0 Å². The normalized spacial score (nSPS) is 14.9. The molecule has 0 rings (SSSR count). The second-order valence-electron chi connectivity index (χ2n) is 7.31. The lowest BCUT2D eigenvalue weighted by atomic mass is 10.0. The van der Waals surface area contributed by atoms with Gasteiger partial charge in [0.25, 0.3) is 0 Å². The Morgan fingerprint density at radius 1 is 0.900 bits per heavy atom. The Morgan fingerprint density at radius 3 is 1.90 bits per heavy atom. The average molecular weight is 449 g/mol. The molecule has 4 unspecified atom stereocenters. The number of hydrogen-bond acceptors (Lipinski definition) is 7. The van der Waals surface area contributed by atoms with E-state index in [4.69, 9.17) is 15.9 Å². The van der Waals surface area contributed by atoms with Gasteiger partial charge in [-0.2, -0.15) is 11.8 Å². The van der Waals surface area contributed by atoms with Crippen molar-refractivity contribution in [1.29, 1.82) is 0 Å². The van der Waals surface area contributed by atoms with Gasteiger partial charge >= 0.3 is 11.9 Å². The van der Waals surface area contributed by atoms with Crippen molar-refractivity contribution in [3.8, 4) is 0 Å². The summed E-state index contributed by atoms with van der Waals surface area (Å²) in [5.41, 5.74) is 5.54. The van der Waals surface area contributed by atoms with E-state index in [1.165, 1.54) is 18.7 Å². The zero-order chi connectivity index (χ0) is 23.4. The topological polar surface area (TPSA) is 188 Å². The first-order valence-corrected chi connectivity index (χ1v) is 10.9. The fourth-order valence-corrected chi connectivity index (χ4v) is 2.89. The van der Waals surface area contributed by atoms with Crippen molar-refractivity contribution < 1.29 is 34.2 Å². The van der Waals surface area contributed by atoms with Crippen LogP contribution in [0.3, 0.4) is 0 Å². The number of nitrogens with two attached hydrogens (primary N) is 1. The second kappa shape index (κ2) is 13.8. The lowest BCUT2D eigenvalue weighted by molar-refractivity contribution is -0.141. The van der Waals surface area contributed by atoms with Gasteiger partial charge < -0.3 is 31.9 Å². The van der Waals surface area contributed by atoms with Crippen molar-refractivity contribution in [2.24, 2.45) is 11.7 Å². The Kier molecular flexibility index (Phi) is 12.7. The molecule has 0 aliphatic rings. The van der Waals surface area contributed by atoms with E-state index in [0.717, 1.165) is 0 Å². The summed E-state index contributed by atoms with van der Waals surface area (Å²) in [5, 5.41) is 25.1. The van der Waals surface area contributed by atoms with Crippen molar-refractivity contribution in [2.75, 3.05) is 12.0 Å². The maximum atomic E-state index is 12.8. The SMILES string of the molecule is CSCCC(NC(=O)C(N)CC(=O)O)C(=O)NC(CC(C)C)C(=O)NC(C)C(=O)O. The number of carboxylic acid groups (broad SMARTS) is 2. The molecule has 11 nitrogen and oxygen atoms in total. The van der Waals surface area contributed by atoms with Crippen molar-refractivity contribution in [1.82, 2.24) is 16.0 Å². The molecular weight excluding hydrogens is 416 g/mol. The number of nitrogens with one attached hydrogen (secondary N) is 3. The van der Waals surface area contributed by atoms with E-state index in [1.807, 2.05) is 20.1 Å². The molecule has 0 aromatic heterocycles. The zero-order valence-electron chi connectivity index (χ0n) is 17.6. The van der Waals surface area contributed by atoms with Gasteiger partial charge in [-0.3, -0.25) is 24.0 Å². The minimum Gasteiger partial charge on any atom is -0.481 e. The highest BCUT2D eigenvalue weighted by Gasteiger charge is 2.30. The fourth-order valence-electron chi connectivity index (χ4n) is 2.42. The predicted molar refractivity (Wildman–Crippen MR) is 112 cm³/mol. The highest BCUT2D eigenvalue weighted by Crippen LogP contribution is 2.08. The molecule has 7 N–H and O–H groups in total. The van der Waals surface area contributed by atoms with Crippen LogP contribution in [-0.4, -0.2) is 76.0 Å². The lowest BCUT2D eigenvalue weighted by Gasteiger charge is -2.25. The molecule has 4 atom stereocenters.